The van der Waals surface area contributed by atoms with Crippen LogP contribution < -0.4 is 9.80 Å². The molecule has 2 aliphatic rings. The van der Waals surface area contributed by atoms with Gasteiger partial charge in [-0.05, 0) is 69.2 Å². The Hall–Kier alpha value is -2.48. The van der Waals surface area contributed by atoms with Crippen LogP contribution in [0, 0.1) is 11.8 Å². The maximum absolute atomic E-state index is 13.2. The van der Waals surface area contributed by atoms with Gasteiger partial charge in [-0.2, -0.15) is 0 Å². The molecule has 7 nitrogen and oxygen atoms in total. The number of carbonyl (C=O) groups excluding carboxylic acids is 1. The maximum Gasteiger partial charge on any atom is 0.203 e. The lowest BCUT2D eigenvalue weighted by molar-refractivity contribution is 0.102. The van der Waals surface area contributed by atoms with Gasteiger partial charge in [0.15, 0.2) is 10.8 Å². The number of nitrogens with zero attached hydrogens (tertiary/aromatic N) is 4. The van der Waals surface area contributed by atoms with Crippen molar-refractivity contribution in [1.29, 1.82) is 0 Å². The van der Waals surface area contributed by atoms with Crippen molar-refractivity contribution in [2.24, 2.45) is 11.8 Å². The van der Waals surface area contributed by atoms with Crippen LogP contribution in [0.1, 0.15) is 57.3 Å². The molecule has 2 aromatic heterocycles. The summed E-state index contributed by atoms with van der Waals surface area (Å²) in [6.07, 6.45) is 4.88. The second-order valence-corrected chi connectivity index (χ2v) is 12.3. The predicted octanol–water partition coefficient (Wildman–Crippen LogP) is 3.99. The van der Waals surface area contributed by atoms with E-state index >= 15 is 0 Å². The molecule has 0 amide bonds. The smallest absolute Gasteiger partial charge is 0.203 e. The number of anilines is 2. The Morgan fingerprint density at radius 3 is 2.61 bits per heavy atom. The van der Waals surface area contributed by atoms with E-state index in [0.717, 1.165) is 32.5 Å². The molecule has 8 heteroatoms. The molecule has 2 atom stereocenters. The first-order chi connectivity index (χ1) is 15.6. The fourth-order valence-corrected chi connectivity index (χ4v) is 6.43. The highest BCUT2D eigenvalue weighted by molar-refractivity contribution is 7.92. The van der Waals surface area contributed by atoms with Gasteiger partial charge in [0.05, 0.1) is 5.56 Å². The molecule has 2 aromatic rings. The molecule has 2 unspecified atom stereocenters. The topological polar surface area (TPSA) is 83.5 Å². The Balaban J connectivity index is 1.58. The van der Waals surface area contributed by atoms with Gasteiger partial charge in [0, 0.05) is 31.4 Å². The minimum absolute atomic E-state index is 0.0489. The number of hydrogen-bond donors (Lipinski definition) is 0. The average molecular weight is 471 g/mol. The van der Waals surface area contributed by atoms with E-state index < -0.39 is 21.4 Å². The van der Waals surface area contributed by atoms with Crippen molar-refractivity contribution in [2.75, 3.05) is 35.2 Å². The minimum Gasteiger partial charge on any atom is -0.356 e. The van der Waals surface area contributed by atoms with Crippen molar-refractivity contribution in [2.45, 2.75) is 57.5 Å². The van der Waals surface area contributed by atoms with E-state index in [1.165, 1.54) is 12.5 Å². The van der Waals surface area contributed by atoms with Gasteiger partial charge < -0.3 is 9.80 Å². The van der Waals surface area contributed by atoms with Gasteiger partial charge in [-0.25, -0.2) is 18.4 Å². The summed E-state index contributed by atoms with van der Waals surface area (Å²) in [5.41, 5.74) is 0.202. The summed E-state index contributed by atoms with van der Waals surface area (Å²) in [5.74, 6) is 1.16. The van der Waals surface area contributed by atoms with Crippen LogP contribution >= 0.6 is 0 Å². The van der Waals surface area contributed by atoms with Gasteiger partial charge in [0.2, 0.25) is 9.84 Å². The monoisotopic (exact) mass is 470 g/mol. The van der Waals surface area contributed by atoms with Gasteiger partial charge in [0.25, 0.3) is 0 Å². The number of sulfone groups is 1. The molecule has 2 fully saturated rings. The Kier molecular flexibility index (Phi) is 6.49. The van der Waals surface area contributed by atoms with E-state index in [1.54, 1.807) is 24.4 Å². The van der Waals surface area contributed by atoms with E-state index in [4.69, 9.17) is 0 Å². The third-order valence-electron chi connectivity index (χ3n) is 6.75. The second-order valence-electron chi connectivity index (χ2n) is 10.3. The van der Waals surface area contributed by atoms with E-state index in [2.05, 4.69) is 47.5 Å². The molecule has 178 valence electrons. The van der Waals surface area contributed by atoms with E-state index in [-0.39, 0.29) is 10.6 Å². The zero-order chi connectivity index (χ0) is 23.8. The number of Topliss-reactive ketones (excluding diaryl/α,β-unsaturated/α-hetero) is 1. The molecular weight excluding hydrogens is 436 g/mol. The van der Waals surface area contributed by atoms with Crippen LogP contribution in [-0.2, 0) is 9.84 Å². The number of pyridine rings is 2. The van der Waals surface area contributed by atoms with Crippen molar-refractivity contribution in [3.05, 3.63) is 42.1 Å². The molecule has 4 heterocycles. The molecule has 0 aliphatic carbocycles. The van der Waals surface area contributed by atoms with Crippen molar-refractivity contribution in [1.82, 2.24) is 9.97 Å². The van der Waals surface area contributed by atoms with E-state index in [9.17, 15) is 13.2 Å². The number of piperidine rings is 1. The van der Waals surface area contributed by atoms with Crippen LogP contribution in [-0.4, -0.2) is 55.1 Å². The lowest BCUT2D eigenvalue weighted by Gasteiger charge is -2.33. The summed E-state index contributed by atoms with van der Waals surface area (Å²) in [6, 6.07) is 8.40. The molecule has 0 spiro atoms. The first-order valence-corrected chi connectivity index (χ1v) is 13.4. The Morgan fingerprint density at radius 1 is 1.12 bits per heavy atom. The number of ketones is 1. The minimum atomic E-state index is -3.90. The van der Waals surface area contributed by atoms with Crippen molar-refractivity contribution in [3.8, 4) is 0 Å². The molecule has 2 saturated heterocycles. The van der Waals surface area contributed by atoms with Gasteiger partial charge in [-0.1, -0.05) is 19.9 Å². The molecular formula is C25H34N4O3S. The Morgan fingerprint density at radius 2 is 1.91 bits per heavy atom. The van der Waals surface area contributed by atoms with Crippen LogP contribution in [0.25, 0.3) is 0 Å². The first-order valence-electron chi connectivity index (χ1n) is 11.8. The Bertz CT molecular complexity index is 1130. The first kappa shape index (κ1) is 23.7. The normalized spacial score (nSPS) is 23.0. The molecule has 33 heavy (non-hydrogen) atoms. The fourth-order valence-electron chi connectivity index (χ4n) is 5.26. The van der Waals surface area contributed by atoms with E-state index in [1.807, 2.05) is 6.07 Å². The van der Waals surface area contributed by atoms with Crippen LogP contribution in [0.2, 0.25) is 0 Å². The summed E-state index contributed by atoms with van der Waals surface area (Å²) in [4.78, 5) is 26.4. The molecule has 0 saturated carbocycles. The van der Waals surface area contributed by atoms with Crippen LogP contribution in [0.4, 0.5) is 11.6 Å². The summed E-state index contributed by atoms with van der Waals surface area (Å²) in [7, 11) is -3.90. The highest BCUT2D eigenvalue weighted by atomic mass is 32.2. The SMILES string of the molecule is CC1CCCN(c2cccc(S(=O)(=O)CC(=O)c3cccnc3N3CC(C)CC3(C)C)n2)C1. The highest BCUT2D eigenvalue weighted by Crippen LogP contribution is 2.37. The number of rotatable bonds is 6. The van der Waals surface area contributed by atoms with Gasteiger partial charge in [-0.3, -0.25) is 4.79 Å². The summed E-state index contributed by atoms with van der Waals surface area (Å²) in [5, 5.41) is -0.0489. The van der Waals surface area contributed by atoms with Crippen molar-refractivity contribution < 1.29 is 13.2 Å². The zero-order valence-corrected chi connectivity index (χ0v) is 20.8. The second kappa shape index (κ2) is 9.05. The highest BCUT2D eigenvalue weighted by Gasteiger charge is 2.39. The van der Waals surface area contributed by atoms with Crippen molar-refractivity contribution >= 4 is 27.3 Å². The number of carbonyl (C=O) groups is 1. The largest absolute Gasteiger partial charge is 0.356 e. The zero-order valence-electron chi connectivity index (χ0n) is 20.0. The summed E-state index contributed by atoms with van der Waals surface area (Å²) in [6.45, 7) is 11.1. The maximum atomic E-state index is 13.2. The van der Waals surface area contributed by atoms with Crippen molar-refractivity contribution in [3.63, 3.8) is 0 Å². The number of hydrogen-bond acceptors (Lipinski definition) is 7. The van der Waals surface area contributed by atoms with Crippen LogP contribution in [0.5, 0.6) is 0 Å². The Labute approximate surface area is 197 Å². The summed E-state index contributed by atoms with van der Waals surface area (Å²) < 4.78 is 26.4. The van der Waals surface area contributed by atoms with Crippen LogP contribution in [0.3, 0.4) is 0 Å². The van der Waals surface area contributed by atoms with Gasteiger partial charge >= 0.3 is 0 Å². The lowest BCUT2D eigenvalue weighted by atomic mass is 9.97. The standard InChI is InChI=1S/C25H34N4O3S/c1-18-8-7-13-28(15-18)22-10-5-11-23(27-22)33(31,32)17-21(30)20-9-6-12-26-24(20)29-16-19(2)14-25(29,3)4/h5-6,9-12,18-19H,7-8,13-17H2,1-4H3. The molecule has 0 bridgehead atoms. The molecule has 2 aliphatic heterocycles. The molecule has 0 radical (unpaired) electrons. The molecule has 0 aromatic carbocycles. The molecule has 4 rings (SSSR count). The predicted molar refractivity (Wildman–Crippen MR) is 131 cm³/mol. The average Bonchev–Trinajstić information content (AvgIpc) is 3.05. The quantitative estimate of drug-likeness (QED) is 0.590. The third-order valence-corrected chi connectivity index (χ3v) is 8.25. The number of aromatic nitrogens is 2. The van der Waals surface area contributed by atoms with Crippen LogP contribution in [0.15, 0.2) is 41.6 Å². The molecule has 0 N–H and O–H groups in total. The summed E-state index contributed by atoms with van der Waals surface area (Å²) >= 11 is 0. The van der Waals surface area contributed by atoms with E-state index in [0.29, 0.717) is 29.0 Å². The fraction of sp³-hybridized carbons (Fsp3) is 0.560. The third kappa shape index (κ3) is 5.05. The lowest BCUT2D eigenvalue weighted by Crippen LogP contribution is -2.40. The van der Waals surface area contributed by atoms with Gasteiger partial charge in [0.1, 0.15) is 17.4 Å². The van der Waals surface area contributed by atoms with Gasteiger partial charge in [-0.15, -0.1) is 0 Å².